The molecule has 0 aliphatic carbocycles. The van der Waals surface area contributed by atoms with E-state index in [4.69, 9.17) is 11.6 Å². The Balaban J connectivity index is 1.65. The Morgan fingerprint density at radius 2 is 1.70 bits per heavy atom. The molecule has 4 rings (SSSR count). The second kappa shape index (κ2) is 7.65. The number of likely N-dealkylation sites (tertiary alicyclic amines) is 1. The fourth-order valence-corrected chi connectivity index (χ4v) is 4.73. The minimum Gasteiger partial charge on any atom is -0.334 e. The summed E-state index contributed by atoms with van der Waals surface area (Å²) < 4.78 is 0. The zero-order valence-corrected chi connectivity index (χ0v) is 16.7. The maximum absolute atomic E-state index is 13.3. The molecular weight excluding hydrogens is 356 g/mol. The highest BCUT2D eigenvalue weighted by Crippen LogP contribution is 2.39. The number of carbonyl (C=O) groups excluding carboxylic acids is 1. The highest BCUT2D eigenvalue weighted by atomic mass is 35.5. The normalized spacial score (nSPS) is 19.6. The van der Waals surface area contributed by atoms with E-state index in [0.29, 0.717) is 11.6 Å². The number of hydrogen-bond acceptors (Lipinski definition) is 2. The monoisotopic (exact) mass is 382 g/mol. The lowest BCUT2D eigenvalue weighted by molar-refractivity contribution is 0.0480. The third-order valence-corrected chi connectivity index (χ3v) is 6.57. The van der Waals surface area contributed by atoms with Gasteiger partial charge in [-0.2, -0.15) is 0 Å². The van der Waals surface area contributed by atoms with E-state index in [1.807, 2.05) is 12.1 Å². The lowest BCUT2D eigenvalue weighted by atomic mass is 9.73. The third-order valence-electron chi connectivity index (χ3n) is 6.31. The maximum atomic E-state index is 13.3. The van der Waals surface area contributed by atoms with Crippen molar-refractivity contribution in [2.45, 2.75) is 32.7 Å². The van der Waals surface area contributed by atoms with E-state index in [0.717, 1.165) is 51.0 Å². The van der Waals surface area contributed by atoms with Crippen molar-refractivity contribution in [2.24, 2.45) is 5.41 Å². The van der Waals surface area contributed by atoms with Gasteiger partial charge in [0, 0.05) is 23.7 Å². The van der Waals surface area contributed by atoms with E-state index < -0.39 is 0 Å². The van der Waals surface area contributed by atoms with Gasteiger partial charge in [0.2, 0.25) is 0 Å². The summed E-state index contributed by atoms with van der Waals surface area (Å²) in [6.07, 6.45) is 3.38. The average molecular weight is 383 g/mol. The largest absolute Gasteiger partial charge is 0.334 e. The van der Waals surface area contributed by atoms with Gasteiger partial charge in [0.15, 0.2) is 0 Å². The summed E-state index contributed by atoms with van der Waals surface area (Å²) in [7, 11) is 0. The maximum Gasteiger partial charge on any atom is 0.254 e. The van der Waals surface area contributed by atoms with E-state index in [1.54, 1.807) is 12.1 Å². The molecular formula is C23H27ClN2O. The Hall–Kier alpha value is -1.84. The van der Waals surface area contributed by atoms with Gasteiger partial charge in [0.25, 0.3) is 5.91 Å². The Morgan fingerprint density at radius 1 is 1.04 bits per heavy atom. The van der Waals surface area contributed by atoms with E-state index in [1.165, 1.54) is 11.1 Å². The fraction of sp³-hybridized carbons (Fsp3) is 0.435. The van der Waals surface area contributed by atoms with Crippen molar-refractivity contribution in [1.82, 2.24) is 9.80 Å². The van der Waals surface area contributed by atoms with Crippen LogP contribution in [0.25, 0.3) is 0 Å². The summed E-state index contributed by atoms with van der Waals surface area (Å²) in [5, 5.41) is 0.663. The summed E-state index contributed by atoms with van der Waals surface area (Å²) >= 11 is 6.01. The molecule has 2 heterocycles. The number of nitrogens with zero attached hydrogens (tertiary/aromatic N) is 2. The first-order valence-corrected chi connectivity index (χ1v) is 10.3. The number of rotatable bonds is 2. The Kier molecular flexibility index (Phi) is 5.25. The molecule has 2 aromatic carbocycles. The lowest BCUT2D eigenvalue weighted by Gasteiger charge is -2.43. The summed E-state index contributed by atoms with van der Waals surface area (Å²) in [6.45, 7) is 7.12. The molecule has 0 bridgehead atoms. The van der Waals surface area contributed by atoms with E-state index in [-0.39, 0.29) is 11.3 Å². The number of carbonyl (C=O) groups is 1. The van der Waals surface area contributed by atoms with Crippen molar-refractivity contribution in [3.63, 3.8) is 0 Å². The minimum absolute atomic E-state index is 0.112. The molecule has 0 N–H and O–H groups in total. The topological polar surface area (TPSA) is 23.6 Å². The first-order chi connectivity index (χ1) is 13.1. The summed E-state index contributed by atoms with van der Waals surface area (Å²) in [4.78, 5) is 17.9. The van der Waals surface area contributed by atoms with Crippen LogP contribution in [0.4, 0.5) is 0 Å². The van der Waals surface area contributed by atoms with Crippen molar-refractivity contribution in [2.75, 3.05) is 26.2 Å². The second-order valence-electron chi connectivity index (χ2n) is 8.05. The van der Waals surface area contributed by atoms with Crippen LogP contribution in [0.15, 0.2) is 48.5 Å². The van der Waals surface area contributed by atoms with E-state index in [2.05, 4.69) is 41.0 Å². The van der Waals surface area contributed by atoms with Gasteiger partial charge in [-0.05, 0) is 79.7 Å². The van der Waals surface area contributed by atoms with Crippen LogP contribution in [-0.2, 0) is 13.0 Å². The van der Waals surface area contributed by atoms with Crippen molar-refractivity contribution < 1.29 is 4.79 Å². The van der Waals surface area contributed by atoms with Crippen LogP contribution in [0, 0.1) is 5.41 Å². The predicted molar refractivity (Wildman–Crippen MR) is 110 cm³/mol. The number of amides is 1. The van der Waals surface area contributed by atoms with Crippen LogP contribution in [-0.4, -0.2) is 41.9 Å². The van der Waals surface area contributed by atoms with Crippen LogP contribution in [0.1, 0.15) is 41.3 Å². The Labute approximate surface area is 166 Å². The van der Waals surface area contributed by atoms with E-state index in [9.17, 15) is 4.79 Å². The van der Waals surface area contributed by atoms with Gasteiger partial charge < -0.3 is 9.80 Å². The Morgan fingerprint density at radius 3 is 2.37 bits per heavy atom. The lowest BCUT2D eigenvalue weighted by Crippen LogP contribution is -2.47. The first-order valence-electron chi connectivity index (χ1n) is 9.92. The average Bonchev–Trinajstić information content (AvgIpc) is 2.85. The number of hydrogen-bond donors (Lipinski definition) is 0. The molecule has 1 fully saturated rings. The molecule has 142 valence electrons. The smallest absolute Gasteiger partial charge is 0.254 e. The van der Waals surface area contributed by atoms with Crippen LogP contribution in [0.5, 0.6) is 0 Å². The van der Waals surface area contributed by atoms with Gasteiger partial charge in [0.05, 0.1) is 0 Å². The van der Waals surface area contributed by atoms with Crippen LogP contribution >= 0.6 is 11.6 Å². The number of halogens is 1. The molecule has 2 aliphatic rings. The van der Waals surface area contributed by atoms with Gasteiger partial charge >= 0.3 is 0 Å². The molecule has 0 aromatic heterocycles. The second-order valence-corrected chi connectivity index (χ2v) is 8.48. The SMILES string of the molecule is CCN1CCC2(CC1)Cc1ccccc1CN(C(=O)c1ccc(Cl)cc1)C2. The molecule has 0 unspecified atom stereocenters. The fourth-order valence-electron chi connectivity index (χ4n) is 4.61. The van der Waals surface area contributed by atoms with Gasteiger partial charge in [0.1, 0.15) is 0 Å². The van der Waals surface area contributed by atoms with Gasteiger partial charge in [-0.15, -0.1) is 0 Å². The molecule has 2 aliphatic heterocycles. The van der Waals surface area contributed by atoms with Crippen molar-refractivity contribution >= 4 is 17.5 Å². The molecule has 0 atom stereocenters. The predicted octanol–water partition coefficient (Wildman–Crippen LogP) is 4.64. The molecule has 1 amide bonds. The summed E-state index contributed by atoms with van der Waals surface area (Å²) in [6, 6.07) is 15.9. The van der Waals surface area contributed by atoms with Gasteiger partial charge in [-0.1, -0.05) is 42.8 Å². The molecule has 1 spiro atoms. The molecule has 4 heteroatoms. The summed E-state index contributed by atoms with van der Waals surface area (Å²) in [5.41, 5.74) is 3.60. The third kappa shape index (κ3) is 3.90. The molecule has 1 saturated heterocycles. The summed E-state index contributed by atoms with van der Waals surface area (Å²) in [5.74, 6) is 0.112. The first kappa shape index (κ1) is 18.5. The minimum atomic E-state index is 0.112. The Bertz CT molecular complexity index is 809. The zero-order valence-electron chi connectivity index (χ0n) is 16.0. The number of piperidine rings is 1. The van der Waals surface area contributed by atoms with Crippen molar-refractivity contribution in [3.05, 3.63) is 70.2 Å². The van der Waals surface area contributed by atoms with Crippen molar-refractivity contribution in [1.29, 1.82) is 0 Å². The quantitative estimate of drug-likeness (QED) is 0.755. The molecule has 3 nitrogen and oxygen atoms in total. The number of benzene rings is 2. The zero-order chi connectivity index (χ0) is 18.9. The molecule has 27 heavy (non-hydrogen) atoms. The number of fused-ring (bicyclic) bond motifs is 1. The van der Waals surface area contributed by atoms with Crippen LogP contribution in [0.3, 0.4) is 0 Å². The highest BCUT2D eigenvalue weighted by molar-refractivity contribution is 6.30. The van der Waals surface area contributed by atoms with Crippen molar-refractivity contribution in [3.8, 4) is 0 Å². The standard InChI is InChI=1S/C23H27ClN2O/c1-2-25-13-11-23(12-14-25)15-19-5-3-4-6-20(19)16-26(17-23)22(27)18-7-9-21(24)10-8-18/h3-10H,2,11-17H2,1H3. The molecule has 2 aromatic rings. The molecule has 0 radical (unpaired) electrons. The van der Waals surface area contributed by atoms with Crippen LogP contribution < -0.4 is 0 Å². The highest BCUT2D eigenvalue weighted by Gasteiger charge is 2.39. The van der Waals surface area contributed by atoms with Crippen LogP contribution in [0.2, 0.25) is 5.02 Å². The van der Waals surface area contributed by atoms with Gasteiger partial charge in [-0.25, -0.2) is 0 Å². The van der Waals surface area contributed by atoms with E-state index >= 15 is 0 Å². The molecule has 0 saturated carbocycles. The van der Waals surface area contributed by atoms with Gasteiger partial charge in [-0.3, -0.25) is 4.79 Å².